The number of hydrogen-bond donors (Lipinski definition) is 1. The Morgan fingerprint density at radius 3 is 2.35 bits per heavy atom. The van der Waals surface area contributed by atoms with Crippen molar-refractivity contribution in [2.45, 2.75) is 6.18 Å². The van der Waals surface area contributed by atoms with E-state index in [0.29, 0.717) is 11.8 Å². The molecule has 0 radical (unpaired) electrons. The third kappa shape index (κ3) is 2.91. The van der Waals surface area contributed by atoms with Crippen molar-refractivity contribution in [2.24, 2.45) is 5.16 Å². The maximum Gasteiger partial charge on any atom is 0.417 e. The van der Waals surface area contributed by atoms with Crippen molar-refractivity contribution in [1.29, 1.82) is 0 Å². The molecule has 0 unspecified atom stereocenters. The van der Waals surface area contributed by atoms with Gasteiger partial charge in [0.1, 0.15) is 11.4 Å². The first-order valence-electron chi connectivity index (χ1n) is 5.44. The van der Waals surface area contributed by atoms with Crippen LogP contribution in [0.3, 0.4) is 0 Å². The van der Waals surface area contributed by atoms with E-state index in [2.05, 4.69) is 10.1 Å². The number of pyridine rings is 1. The van der Waals surface area contributed by atoms with Crippen LogP contribution < -0.4 is 0 Å². The highest BCUT2D eigenvalue weighted by Crippen LogP contribution is 2.31. The molecule has 0 atom stereocenters. The third-order valence-corrected chi connectivity index (χ3v) is 2.83. The molecule has 7 heteroatoms. The average molecular weight is 301 g/mol. The van der Waals surface area contributed by atoms with Crippen molar-refractivity contribution in [3.05, 3.63) is 64.4 Å². The zero-order valence-corrected chi connectivity index (χ0v) is 10.7. The Balaban J connectivity index is 2.48. The molecule has 0 aliphatic rings. The standard InChI is InChI=1S/C13H8ClF3N2O/c14-10-6-9(13(15,16)17)7-18-12(10)11(19-20)8-4-2-1-3-5-8/h1-7,20H/b19-11-. The minimum Gasteiger partial charge on any atom is -0.410 e. The lowest BCUT2D eigenvalue weighted by molar-refractivity contribution is -0.137. The fraction of sp³-hybridized carbons (Fsp3) is 0.0769. The summed E-state index contributed by atoms with van der Waals surface area (Å²) in [6.45, 7) is 0. The van der Waals surface area contributed by atoms with E-state index in [4.69, 9.17) is 16.8 Å². The lowest BCUT2D eigenvalue weighted by Crippen LogP contribution is -2.11. The van der Waals surface area contributed by atoms with Crippen LogP contribution in [0.15, 0.2) is 47.8 Å². The normalized spacial score (nSPS) is 12.5. The molecule has 104 valence electrons. The summed E-state index contributed by atoms with van der Waals surface area (Å²) in [7, 11) is 0. The smallest absolute Gasteiger partial charge is 0.410 e. The Labute approximate surface area is 117 Å². The zero-order chi connectivity index (χ0) is 14.8. The van der Waals surface area contributed by atoms with Crippen molar-refractivity contribution in [3.8, 4) is 0 Å². The first-order valence-corrected chi connectivity index (χ1v) is 5.82. The summed E-state index contributed by atoms with van der Waals surface area (Å²) >= 11 is 5.80. The maximum atomic E-state index is 12.5. The molecular weight excluding hydrogens is 293 g/mol. The number of alkyl halides is 3. The number of halogens is 4. The second-order valence-corrected chi connectivity index (χ2v) is 4.27. The van der Waals surface area contributed by atoms with Crippen LogP contribution in [0.25, 0.3) is 0 Å². The lowest BCUT2D eigenvalue weighted by Gasteiger charge is -2.10. The van der Waals surface area contributed by atoms with Crippen molar-refractivity contribution in [3.63, 3.8) is 0 Å². The molecule has 2 rings (SSSR count). The van der Waals surface area contributed by atoms with Gasteiger partial charge in [-0.05, 0) is 6.07 Å². The highest BCUT2D eigenvalue weighted by molar-refractivity contribution is 6.35. The molecule has 0 aliphatic carbocycles. The molecule has 0 aliphatic heterocycles. The number of nitrogens with zero attached hydrogens (tertiary/aromatic N) is 2. The summed E-state index contributed by atoms with van der Waals surface area (Å²) in [6, 6.07) is 9.14. The molecule has 1 aromatic heterocycles. The molecule has 2 aromatic rings. The fourth-order valence-electron chi connectivity index (χ4n) is 1.61. The van der Waals surface area contributed by atoms with E-state index in [1.54, 1.807) is 30.3 Å². The summed E-state index contributed by atoms with van der Waals surface area (Å²) in [5, 5.41) is 11.9. The molecule has 0 fully saturated rings. The highest BCUT2D eigenvalue weighted by Gasteiger charge is 2.32. The van der Waals surface area contributed by atoms with Crippen LogP contribution in [0.1, 0.15) is 16.8 Å². The minimum absolute atomic E-state index is 0.00400. The van der Waals surface area contributed by atoms with Gasteiger partial charge in [-0.2, -0.15) is 13.2 Å². The maximum absolute atomic E-state index is 12.5. The van der Waals surface area contributed by atoms with Crippen molar-refractivity contribution in [1.82, 2.24) is 4.98 Å². The Morgan fingerprint density at radius 2 is 1.85 bits per heavy atom. The van der Waals surface area contributed by atoms with E-state index in [9.17, 15) is 13.2 Å². The molecule has 1 N–H and O–H groups in total. The molecule has 0 saturated heterocycles. The second-order valence-electron chi connectivity index (χ2n) is 3.87. The summed E-state index contributed by atoms with van der Waals surface area (Å²) in [6.07, 6.45) is -3.88. The van der Waals surface area contributed by atoms with Gasteiger partial charge in [0.05, 0.1) is 10.6 Å². The summed E-state index contributed by atoms with van der Waals surface area (Å²) in [4.78, 5) is 3.65. The lowest BCUT2D eigenvalue weighted by atomic mass is 10.1. The number of benzene rings is 1. The van der Waals surface area contributed by atoms with Gasteiger partial charge < -0.3 is 5.21 Å². The average Bonchev–Trinajstić information content (AvgIpc) is 2.41. The number of hydrogen-bond acceptors (Lipinski definition) is 3. The van der Waals surface area contributed by atoms with E-state index in [1.165, 1.54) is 0 Å². The Kier molecular flexibility index (Phi) is 3.94. The number of oxime groups is 1. The van der Waals surface area contributed by atoms with E-state index < -0.39 is 11.7 Å². The van der Waals surface area contributed by atoms with E-state index in [1.807, 2.05) is 0 Å². The highest BCUT2D eigenvalue weighted by atomic mass is 35.5. The van der Waals surface area contributed by atoms with Crippen molar-refractivity contribution in [2.75, 3.05) is 0 Å². The zero-order valence-electron chi connectivity index (χ0n) is 9.89. The quantitative estimate of drug-likeness (QED) is 0.518. The van der Waals surface area contributed by atoms with E-state index >= 15 is 0 Å². The SMILES string of the molecule is O/N=C(/c1ccccc1)c1ncc(C(F)(F)F)cc1Cl. The van der Waals surface area contributed by atoms with E-state index in [-0.39, 0.29) is 16.4 Å². The van der Waals surface area contributed by atoms with Crippen LogP contribution in [-0.4, -0.2) is 15.9 Å². The van der Waals surface area contributed by atoms with Crippen molar-refractivity contribution >= 4 is 17.3 Å². The Morgan fingerprint density at radius 1 is 1.20 bits per heavy atom. The summed E-state index contributed by atoms with van der Waals surface area (Å²) in [5.41, 5.74) is -0.488. The van der Waals surface area contributed by atoms with Gasteiger partial charge in [-0.25, -0.2) is 0 Å². The van der Waals surface area contributed by atoms with Crippen molar-refractivity contribution < 1.29 is 18.4 Å². The second kappa shape index (κ2) is 5.50. The Bertz CT molecular complexity index is 642. The van der Waals surface area contributed by atoms with E-state index in [0.717, 1.165) is 6.07 Å². The van der Waals surface area contributed by atoms with Gasteiger partial charge >= 0.3 is 6.18 Å². The van der Waals surface area contributed by atoms with Crippen LogP contribution in [0, 0.1) is 0 Å². The van der Waals surface area contributed by atoms with Gasteiger partial charge in [-0.1, -0.05) is 47.1 Å². The third-order valence-electron chi connectivity index (χ3n) is 2.54. The molecule has 3 nitrogen and oxygen atoms in total. The minimum atomic E-state index is -4.53. The molecule has 0 spiro atoms. The largest absolute Gasteiger partial charge is 0.417 e. The predicted molar refractivity (Wildman–Crippen MR) is 68.1 cm³/mol. The first kappa shape index (κ1) is 14.3. The number of aromatic nitrogens is 1. The van der Waals surface area contributed by atoms with Gasteiger partial charge in [-0.3, -0.25) is 4.98 Å². The van der Waals surface area contributed by atoms with Crippen LogP contribution in [0.4, 0.5) is 13.2 Å². The molecule has 0 amide bonds. The molecule has 1 aromatic carbocycles. The summed E-state index contributed by atoms with van der Waals surface area (Å²) < 4.78 is 37.6. The monoisotopic (exact) mass is 300 g/mol. The van der Waals surface area contributed by atoms with Crippen LogP contribution in [0.5, 0.6) is 0 Å². The topological polar surface area (TPSA) is 45.5 Å². The molecular formula is C13H8ClF3N2O. The Hall–Kier alpha value is -2.08. The van der Waals surface area contributed by atoms with Gasteiger partial charge in [-0.15, -0.1) is 0 Å². The first-order chi connectivity index (χ1) is 9.43. The molecule has 1 heterocycles. The van der Waals surface area contributed by atoms with Gasteiger partial charge in [0, 0.05) is 11.8 Å². The van der Waals surface area contributed by atoms with Gasteiger partial charge in [0.15, 0.2) is 0 Å². The van der Waals surface area contributed by atoms with Crippen LogP contribution in [-0.2, 0) is 6.18 Å². The number of rotatable bonds is 2. The van der Waals surface area contributed by atoms with Crippen LogP contribution in [0.2, 0.25) is 5.02 Å². The predicted octanol–water partition coefficient (Wildman–Crippen LogP) is 3.98. The fourth-order valence-corrected chi connectivity index (χ4v) is 1.86. The molecule has 20 heavy (non-hydrogen) atoms. The molecule has 0 bridgehead atoms. The molecule has 0 saturated carbocycles. The summed E-state index contributed by atoms with van der Waals surface area (Å²) in [5.74, 6) is 0. The van der Waals surface area contributed by atoms with Crippen LogP contribution >= 0.6 is 11.6 Å². The van der Waals surface area contributed by atoms with Gasteiger partial charge in [0.2, 0.25) is 0 Å². The van der Waals surface area contributed by atoms with Gasteiger partial charge in [0.25, 0.3) is 0 Å².